The molecule has 7 heteroatoms. The number of hydrogen-bond donors (Lipinski definition) is 1. The second-order valence-corrected chi connectivity index (χ2v) is 4.63. The number of methoxy groups -OCH3 is 1. The van der Waals surface area contributed by atoms with Crippen molar-refractivity contribution in [1.82, 2.24) is 10.3 Å². The molecule has 1 N–H and O–H groups in total. The zero-order chi connectivity index (χ0) is 13.8. The summed E-state index contributed by atoms with van der Waals surface area (Å²) in [5.41, 5.74) is -0.495. The first kappa shape index (κ1) is 17.4. The second kappa shape index (κ2) is 7.13. The van der Waals surface area contributed by atoms with Crippen LogP contribution >= 0.6 is 12.4 Å². The average molecular weight is 293 g/mol. The largest absolute Gasteiger partial charge is 0.494 e. The van der Waals surface area contributed by atoms with Crippen LogP contribution in [0.25, 0.3) is 0 Å². The van der Waals surface area contributed by atoms with Crippen molar-refractivity contribution in [2.45, 2.75) is 32.9 Å². The third-order valence-corrected chi connectivity index (χ3v) is 1.94. The van der Waals surface area contributed by atoms with Crippen LogP contribution in [0.1, 0.15) is 26.5 Å². The molecule has 1 aromatic rings. The normalized spacial score (nSPS) is 10.4. The number of hydrogen-bond acceptors (Lipinski definition) is 4. The van der Waals surface area contributed by atoms with E-state index in [9.17, 15) is 9.18 Å². The van der Waals surface area contributed by atoms with E-state index in [0.29, 0.717) is 0 Å². The van der Waals surface area contributed by atoms with E-state index in [1.807, 2.05) is 0 Å². The summed E-state index contributed by atoms with van der Waals surface area (Å²) in [6.45, 7) is 5.18. The van der Waals surface area contributed by atoms with E-state index in [1.165, 1.54) is 19.4 Å². The minimum atomic E-state index is -0.619. The smallest absolute Gasteiger partial charge is 0.407 e. The van der Waals surface area contributed by atoms with E-state index in [0.717, 1.165) is 0 Å². The number of halogens is 2. The number of amides is 1. The molecule has 108 valence electrons. The van der Waals surface area contributed by atoms with Crippen molar-refractivity contribution in [2.24, 2.45) is 0 Å². The fourth-order valence-electron chi connectivity index (χ4n) is 1.22. The molecular formula is C12H18ClFN2O3. The highest BCUT2D eigenvalue weighted by atomic mass is 35.5. The van der Waals surface area contributed by atoms with Gasteiger partial charge in [-0.1, -0.05) is 0 Å². The summed E-state index contributed by atoms with van der Waals surface area (Å²) in [7, 11) is 1.36. The van der Waals surface area contributed by atoms with E-state index in [-0.39, 0.29) is 30.4 Å². The van der Waals surface area contributed by atoms with Gasteiger partial charge in [0.05, 0.1) is 19.3 Å². The van der Waals surface area contributed by atoms with Gasteiger partial charge >= 0.3 is 6.09 Å². The first-order chi connectivity index (χ1) is 8.33. The summed E-state index contributed by atoms with van der Waals surface area (Å²) in [6.07, 6.45) is 0.792. The second-order valence-electron chi connectivity index (χ2n) is 4.63. The lowest BCUT2D eigenvalue weighted by molar-refractivity contribution is 0.0522. The molecule has 0 unspecified atom stereocenters. The van der Waals surface area contributed by atoms with Gasteiger partial charge in [-0.2, -0.15) is 0 Å². The number of carbonyl (C=O) groups excluding carboxylic acids is 1. The monoisotopic (exact) mass is 292 g/mol. The lowest BCUT2D eigenvalue weighted by Gasteiger charge is -2.19. The Morgan fingerprint density at radius 2 is 2.11 bits per heavy atom. The van der Waals surface area contributed by atoms with Gasteiger partial charge in [0.15, 0.2) is 11.6 Å². The Morgan fingerprint density at radius 1 is 1.47 bits per heavy atom. The Morgan fingerprint density at radius 3 is 2.63 bits per heavy atom. The summed E-state index contributed by atoms with van der Waals surface area (Å²) in [5.74, 6) is -0.498. The van der Waals surface area contributed by atoms with Crippen molar-refractivity contribution in [3.05, 3.63) is 23.8 Å². The molecule has 19 heavy (non-hydrogen) atoms. The first-order valence-electron chi connectivity index (χ1n) is 5.47. The fourth-order valence-corrected chi connectivity index (χ4v) is 1.22. The van der Waals surface area contributed by atoms with E-state index in [2.05, 4.69) is 10.3 Å². The number of pyridine rings is 1. The minimum absolute atomic E-state index is 0. The number of rotatable bonds is 3. The molecule has 1 rings (SSSR count). The maximum absolute atomic E-state index is 13.7. The van der Waals surface area contributed by atoms with Gasteiger partial charge in [-0.05, 0) is 20.8 Å². The van der Waals surface area contributed by atoms with Gasteiger partial charge in [-0.15, -0.1) is 12.4 Å². The fraction of sp³-hybridized carbons (Fsp3) is 0.500. The summed E-state index contributed by atoms with van der Waals surface area (Å²) < 4.78 is 23.5. The molecule has 0 aliphatic heterocycles. The predicted octanol–water partition coefficient (Wildman–Crippen LogP) is 2.68. The average Bonchev–Trinajstić information content (AvgIpc) is 2.25. The van der Waals surface area contributed by atoms with E-state index in [1.54, 1.807) is 20.8 Å². The van der Waals surface area contributed by atoms with E-state index < -0.39 is 17.5 Å². The minimum Gasteiger partial charge on any atom is -0.494 e. The summed E-state index contributed by atoms with van der Waals surface area (Å²) in [5, 5.41) is 2.43. The molecule has 0 saturated heterocycles. The molecule has 5 nitrogen and oxygen atoms in total. The molecule has 0 spiro atoms. The van der Waals surface area contributed by atoms with Crippen LogP contribution in [0.4, 0.5) is 9.18 Å². The van der Waals surface area contributed by atoms with Crippen LogP contribution in [0.15, 0.2) is 12.3 Å². The number of nitrogens with zero attached hydrogens (tertiary/aromatic N) is 1. The van der Waals surface area contributed by atoms with Crippen molar-refractivity contribution >= 4 is 18.5 Å². The highest BCUT2D eigenvalue weighted by molar-refractivity contribution is 5.85. The van der Waals surface area contributed by atoms with Crippen LogP contribution in [0.3, 0.4) is 0 Å². The van der Waals surface area contributed by atoms with Crippen molar-refractivity contribution in [1.29, 1.82) is 0 Å². The van der Waals surface area contributed by atoms with Gasteiger partial charge in [0, 0.05) is 12.3 Å². The lowest BCUT2D eigenvalue weighted by atomic mass is 10.2. The topological polar surface area (TPSA) is 60.5 Å². The van der Waals surface area contributed by atoms with Crippen LogP contribution in [0.5, 0.6) is 5.75 Å². The molecule has 0 aliphatic carbocycles. The van der Waals surface area contributed by atoms with Crippen LogP contribution in [0.2, 0.25) is 0 Å². The molecule has 0 atom stereocenters. The molecule has 0 bridgehead atoms. The van der Waals surface area contributed by atoms with Crippen molar-refractivity contribution < 1.29 is 18.7 Å². The standard InChI is InChI=1S/C12H17FN2O3.ClH/c1-12(2,3)18-11(16)15-7-8-10(13)9(17-4)5-6-14-8;/h5-6H,7H2,1-4H3,(H,15,16);1H. The molecule has 1 amide bonds. The number of alkyl carbamates (subject to hydrolysis) is 1. The van der Waals surface area contributed by atoms with Gasteiger partial charge < -0.3 is 14.8 Å². The molecule has 0 aromatic carbocycles. The van der Waals surface area contributed by atoms with Crippen molar-refractivity contribution in [3.63, 3.8) is 0 Å². The van der Waals surface area contributed by atoms with Gasteiger partial charge in [0.25, 0.3) is 0 Å². The molecule has 0 radical (unpaired) electrons. The number of carbonyl (C=O) groups is 1. The Balaban J connectivity index is 0.00000324. The van der Waals surface area contributed by atoms with E-state index in [4.69, 9.17) is 9.47 Å². The Hall–Kier alpha value is -1.56. The zero-order valence-electron chi connectivity index (χ0n) is 11.3. The highest BCUT2D eigenvalue weighted by Crippen LogP contribution is 2.17. The molecular weight excluding hydrogens is 275 g/mol. The number of nitrogens with one attached hydrogen (secondary N) is 1. The lowest BCUT2D eigenvalue weighted by Crippen LogP contribution is -2.32. The third kappa shape index (κ3) is 5.74. The van der Waals surface area contributed by atoms with E-state index >= 15 is 0 Å². The molecule has 0 saturated carbocycles. The summed E-state index contributed by atoms with van der Waals surface area (Å²) in [4.78, 5) is 15.2. The molecule has 0 fully saturated rings. The molecule has 1 heterocycles. The van der Waals surface area contributed by atoms with Crippen LogP contribution in [0, 0.1) is 5.82 Å². The zero-order valence-corrected chi connectivity index (χ0v) is 12.1. The van der Waals surface area contributed by atoms with Crippen molar-refractivity contribution in [3.8, 4) is 5.75 Å². The van der Waals surface area contributed by atoms with Crippen LogP contribution in [-0.2, 0) is 11.3 Å². The maximum Gasteiger partial charge on any atom is 0.407 e. The Kier molecular flexibility index (Phi) is 6.55. The number of ether oxygens (including phenoxy) is 2. The third-order valence-electron chi connectivity index (χ3n) is 1.94. The molecule has 0 aliphatic rings. The maximum atomic E-state index is 13.7. The van der Waals surface area contributed by atoms with Gasteiger partial charge in [-0.25, -0.2) is 9.18 Å². The van der Waals surface area contributed by atoms with Gasteiger partial charge in [0.2, 0.25) is 0 Å². The van der Waals surface area contributed by atoms with Gasteiger partial charge in [0.1, 0.15) is 5.60 Å². The number of aromatic nitrogens is 1. The molecule has 1 aromatic heterocycles. The summed E-state index contributed by atoms with van der Waals surface area (Å²) in [6, 6.07) is 1.41. The Bertz CT molecular complexity index is 435. The van der Waals surface area contributed by atoms with Crippen LogP contribution < -0.4 is 10.1 Å². The van der Waals surface area contributed by atoms with Crippen LogP contribution in [-0.4, -0.2) is 23.8 Å². The van der Waals surface area contributed by atoms with Crippen molar-refractivity contribution in [2.75, 3.05) is 7.11 Å². The summed E-state index contributed by atoms with van der Waals surface area (Å²) >= 11 is 0. The Labute approximate surface area is 117 Å². The predicted molar refractivity (Wildman–Crippen MR) is 71.1 cm³/mol. The SMILES string of the molecule is COc1ccnc(CNC(=O)OC(C)(C)C)c1F.Cl. The van der Waals surface area contributed by atoms with Gasteiger partial charge in [-0.3, -0.25) is 4.98 Å². The quantitative estimate of drug-likeness (QED) is 0.930. The first-order valence-corrected chi connectivity index (χ1v) is 5.47. The highest BCUT2D eigenvalue weighted by Gasteiger charge is 2.17.